The van der Waals surface area contributed by atoms with E-state index in [1.54, 1.807) is 18.9 Å². The quantitative estimate of drug-likeness (QED) is 0.237. The summed E-state index contributed by atoms with van der Waals surface area (Å²) in [4.78, 5) is 17.5. The van der Waals surface area contributed by atoms with Gasteiger partial charge in [-0.15, -0.1) is 0 Å². The summed E-state index contributed by atoms with van der Waals surface area (Å²) in [5.74, 6) is 3.09. The minimum absolute atomic E-state index is 0.648. The molecule has 0 spiro atoms. The molecule has 0 unspecified atom stereocenters. The van der Waals surface area contributed by atoms with Gasteiger partial charge in [0.25, 0.3) is 0 Å². The normalized spacial score (nSPS) is 10.9. The van der Waals surface area contributed by atoms with Gasteiger partial charge in [0.15, 0.2) is 5.16 Å². The molecule has 0 radical (unpaired) electrons. The highest BCUT2D eigenvalue weighted by atomic mass is 32.2. The Hall–Kier alpha value is -3.84. The van der Waals surface area contributed by atoms with Crippen LogP contribution in [0.3, 0.4) is 0 Å². The fourth-order valence-electron chi connectivity index (χ4n) is 3.34. The van der Waals surface area contributed by atoms with Gasteiger partial charge >= 0.3 is 0 Å². The summed E-state index contributed by atoms with van der Waals surface area (Å²) in [5.41, 5.74) is 4.83. The number of methoxy groups -OCH3 is 1. The lowest BCUT2D eigenvalue weighted by Gasteiger charge is -2.10. The number of para-hydroxylation sites is 2. The molecule has 2 aromatic heterocycles. The smallest absolute Gasteiger partial charge is 0.190 e. The van der Waals surface area contributed by atoms with Crippen LogP contribution in [0.25, 0.3) is 22.3 Å². The van der Waals surface area contributed by atoms with Crippen LogP contribution in [0.15, 0.2) is 90.1 Å². The van der Waals surface area contributed by atoms with Crippen LogP contribution in [0.4, 0.5) is 11.5 Å². The lowest BCUT2D eigenvalue weighted by molar-refractivity contribution is 0.415. The van der Waals surface area contributed by atoms with Crippen molar-refractivity contribution in [2.75, 3.05) is 12.4 Å². The number of aromatic amines is 1. The standard InChI is InChI=1S/C25H21N5OS/c1-31-19-13-11-18(12-14-19)26-23-15-22(17-7-3-2-4-8-17)29-25(30-23)32-16-24-27-20-9-5-6-10-21(20)28-24/h2-15H,16H2,1H3,(H,27,28)(H,26,29,30). The highest BCUT2D eigenvalue weighted by Crippen LogP contribution is 2.28. The topological polar surface area (TPSA) is 75.7 Å². The second-order valence-electron chi connectivity index (χ2n) is 7.13. The molecular formula is C25H21N5OS. The molecule has 0 saturated heterocycles. The largest absolute Gasteiger partial charge is 0.497 e. The van der Waals surface area contributed by atoms with Gasteiger partial charge in [-0.2, -0.15) is 0 Å². The predicted octanol–water partition coefficient (Wildman–Crippen LogP) is 6.06. The molecule has 0 atom stereocenters. The van der Waals surface area contributed by atoms with E-state index in [9.17, 15) is 0 Å². The number of rotatable bonds is 7. The number of hydrogen-bond donors (Lipinski definition) is 2. The number of benzene rings is 3. The lowest BCUT2D eigenvalue weighted by Crippen LogP contribution is -1.99. The Labute approximate surface area is 190 Å². The van der Waals surface area contributed by atoms with Crippen molar-refractivity contribution in [1.29, 1.82) is 0 Å². The molecule has 5 rings (SSSR count). The molecule has 0 saturated carbocycles. The van der Waals surface area contributed by atoms with Gasteiger partial charge in [0.2, 0.25) is 0 Å². The molecule has 32 heavy (non-hydrogen) atoms. The number of imidazole rings is 1. The monoisotopic (exact) mass is 439 g/mol. The van der Waals surface area contributed by atoms with E-state index in [0.29, 0.717) is 10.9 Å². The fourth-order valence-corrected chi connectivity index (χ4v) is 4.07. The summed E-state index contributed by atoms with van der Waals surface area (Å²) in [6, 6.07) is 27.9. The molecule has 2 N–H and O–H groups in total. The van der Waals surface area contributed by atoms with Crippen molar-refractivity contribution in [3.8, 4) is 17.0 Å². The van der Waals surface area contributed by atoms with Crippen LogP contribution in [0.5, 0.6) is 5.75 Å². The molecule has 6 nitrogen and oxygen atoms in total. The van der Waals surface area contributed by atoms with Crippen molar-refractivity contribution in [2.45, 2.75) is 10.9 Å². The van der Waals surface area contributed by atoms with Crippen molar-refractivity contribution >= 4 is 34.3 Å². The van der Waals surface area contributed by atoms with Gasteiger partial charge in [0.05, 0.1) is 29.6 Å². The second-order valence-corrected chi connectivity index (χ2v) is 8.07. The number of nitrogens with one attached hydrogen (secondary N) is 2. The van der Waals surface area contributed by atoms with Crippen LogP contribution in [0, 0.1) is 0 Å². The van der Waals surface area contributed by atoms with Crippen molar-refractivity contribution in [1.82, 2.24) is 19.9 Å². The number of hydrogen-bond acceptors (Lipinski definition) is 6. The number of thioether (sulfide) groups is 1. The molecule has 0 aliphatic heterocycles. The third kappa shape index (κ3) is 4.58. The molecule has 5 aromatic rings. The van der Waals surface area contributed by atoms with E-state index in [1.807, 2.05) is 84.9 Å². The van der Waals surface area contributed by atoms with Crippen LogP contribution < -0.4 is 10.1 Å². The summed E-state index contributed by atoms with van der Waals surface area (Å²) in [6.07, 6.45) is 0. The average molecular weight is 440 g/mol. The van der Waals surface area contributed by atoms with Crippen LogP contribution in [-0.4, -0.2) is 27.0 Å². The van der Waals surface area contributed by atoms with Crippen LogP contribution in [0.1, 0.15) is 5.82 Å². The minimum Gasteiger partial charge on any atom is -0.497 e. The van der Waals surface area contributed by atoms with Gasteiger partial charge < -0.3 is 15.0 Å². The zero-order valence-electron chi connectivity index (χ0n) is 17.4. The molecule has 7 heteroatoms. The van der Waals surface area contributed by atoms with Gasteiger partial charge in [-0.05, 0) is 36.4 Å². The minimum atomic E-state index is 0.648. The number of fused-ring (bicyclic) bond motifs is 1. The molecule has 0 amide bonds. The van der Waals surface area contributed by atoms with E-state index in [4.69, 9.17) is 14.7 Å². The van der Waals surface area contributed by atoms with E-state index in [2.05, 4.69) is 15.3 Å². The number of anilines is 2. The fraction of sp³-hybridized carbons (Fsp3) is 0.0800. The van der Waals surface area contributed by atoms with Gasteiger partial charge in [-0.3, -0.25) is 0 Å². The van der Waals surface area contributed by atoms with Crippen molar-refractivity contribution < 1.29 is 4.74 Å². The molecule has 158 valence electrons. The maximum Gasteiger partial charge on any atom is 0.190 e. The van der Waals surface area contributed by atoms with E-state index < -0.39 is 0 Å². The maximum absolute atomic E-state index is 5.25. The first-order chi connectivity index (χ1) is 15.8. The molecule has 3 aromatic carbocycles. The van der Waals surface area contributed by atoms with Crippen molar-refractivity contribution in [2.24, 2.45) is 0 Å². The van der Waals surface area contributed by atoms with Gasteiger partial charge in [-0.1, -0.05) is 54.2 Å². The van der Waals surface area contributed by atoms with Gasteiger partial charge in [0, 0.05) is 17.3 Å². The summed E-state index contributed by atoms with van der Waals surface area (Å²) in [7, 11) is 1.66. The first kappa shape index (κ1) is 20.1. The molecular weight excluding hydrogens is 418 g/mol. The molecule has 0 aliphatic rings. The third-order valence-electron chi connectivity index (χ3n) is 4.91. The van der Waals surface area contributed by atoms with Gasteiger partial charge in [-0.25, -0.2) is 15.0 Å². The second kappa shape index (κ2) is 9.11. The van der Waals surface area contributed by atoms with Crippen LogP contribution >= 0.6 is 11.8 Å². The molecule has 0 fully saturated rings. The van der Waals surface area contributed by atoms with Gasteiger partial charge in [0.1, 0.15) is 17.4 Å². The first-order valence-corrected chi connectivity index (χ1v) is 11.2. The highest BCUT2D eigenvalue weighted by molar-refractivity contribution is 7.98. The zero-order chi connectivity index (χ0) is 21.8. The summed E-state index contributed by atoms with van der Waals surface area (Å²) in [6.45, 7) is 0. The number of nitrogens with zero attached hydrogens (tertiary/aromatic N) is 3. The third-order valence-corrected chi connectivity index (χ3v) is 5.77. The molecule has 0 bridgehead atoms. The average Bonchev–Trinajstić information content (AvgIpc) is 3.27. The SMILES string of the molecule is COc1ccc(Nc2cc(-c3ccccc3)nc(SCc3nc4ccccc4[nH]3)n2)cc1. The van der Waals surface area contributed by atoms with E-state index >= 15 is 0 Å². The summed E-state index contributed by atoms with van der Waals surface area (Å²) < 4.78 is 5.25. The number of H-pyrrole nitrogens is 1. The Morgan fingerprint density at radius 1 is 0.875 bits per heavy atom. The van der Waals surface area contributed by atoms with Crippen molar-refractivity contribution in [3.63, 3.8) is 0 Å². The summed E-state index contributed by atoms with van der Waals surface area (Å²) in [5, 5.41) is 4.07. The Morgan fingerprint density at radius 3 is 2.44 bits per heavy atom. The maximum atomic E-state index is 5.25. The van der Waals surface area contributed by atoms with E-state index in [-0.39, 0.29) is 0 Å². The predicted molar refractivity (Wildman–Crippen MR) is 129 cm³/mol. The van der Waals surface area contributed by atoms with Crippen LogP contribution in [-0.2, 0) is 5.75 Å². The van der Waals surface area contributed by atoms with E-state index in [0.717, 1.165) is 45.4 Å². The first-order valence-electron chi connectivity index (χ1n) is 10.2. The lowest BCUT2D eigenvalue weighted by atomic mass is 10.1. The Kier molecular flexibility index (Phi) is 5.72. The Bertz CT molecular complexity index is 1300. The molecule has 0 aliphatic carbocycles. The number of ether oxygens (including phenoxy) is 1. The highest BCUT2D eigenvalue weighted by Gasteiger charge is 2.10. The zero-order valence-corrected chi connectivity index (χ0v) is 18.3. The van der Waals surface area contributed by atoms with E-state index in [1.165, 1.54) is 0 Å². The Balaban J connectivity index is 1.42. The van der Waals surface area contributed by atoms with Crippen LogP contribution in [0.2, 0.25) is 0 Å². The van der Waals surface area contributed by atoms with Crippen molar-refractivity contribution in [3.05, 3.63) is 90.8 Å². The summed E-state index contributed by atoms with van der Waals surface area (Å²) >= 11 is 1.55. The Morgan fingerprint density at radius 2 is 1.66 bits per heavy atom. The molecule has 2 heterocycles. The number of aromatic nitrogens is 4.